The summed E-state index contributed by atoms with van der Waals surface area (Å²) in [6.45, 7) is 0.769. The summed E-state index contributed by atoms with van der Waals surface area (Å²) >= 11 is 5.47. The molecule has 1 aromatic rings. The molecule has 3 unspecified atom stereocenters. The highest BCUT2D eigenvalue weighted by Gasteiger charge is 2.50. The van der Waals surface area contributed by atoms with Crippen molar-refractivity contribution >= 4 is 23.6 Å². The Hall–Kier alpha value is -1.98. The van der Waals surface area contributed by atoms with E-state index in [1.54, 1.807) is 0 Å². The predicted molar refractivity (Wildman–Crippen MR) is 98.7 cm³/mol. The number of aromatic nitrogens is 2. The standard InChI is InChI=1S/C17H22ClN3O7/c18-4-1-11-7-21(16(25)20-14(11)23)17(26)9-28-12(13(17)22)8-27-15(24)10-2-5-19-6-3-10/h1,4,7,10,12-13,19,22,26H,2-3,5-6,8-9H2,(H,20,23,25)/b4-1+. The van der Waals surface area contributed by atoms with Gasteiger partial charge < -0.3 is 25.0 Å². The van der Waals surface area contributed by atoms with Gasteiger partial charge in [0, 0.05) is 11.7 Å². The van der Waals surface area contributed by atoms with Crippen LogP contribution in [0.15, 0.2) is 21.3 Å². The fraction of sp³-hybridized carbons (Fsp3) is 0.588. The van der Waals surface area contributed by atoms with Gasteiger partial charge in [0.1, 0.15) is 18.8 Å². The third kappa shape index (κ3) is 4.06. The average Bonchev–Trinajstić information content (AvgIpc) is 2.98. The molecule has 11 heteroatoms. The summed E-state index contributed by atoms with van der Waals surface area (Å²) < 4.78 is 11.4. The van der Waals surface area contributed by atoms with E-state index in [0.29, 0.717) is 12.8 Å². The van der Waals surface area contributed by atoms with Crippen LogP contribution in [0.2, 0.25) is 0 Å². The van der Waals surface area contributed by atoms with Gasteiger partial charge in [-0.05, 0) is 32.0 Å². The van der Waals surface area contributed by atoms with Gasteiger partial charge in [-0.1, -0.05) is 11.6 Å². The lowest BCUT2D eigenvalue weighted by molar-refractivity contribution is -0.155. The van der Waals surface area contributed by atoms with E-state index in [-0.39, 0.29) is 24.1 Å². The van der Waals surface area contributed by atoms with Crippen LogP contribution in [0.3, 0.4) is 0 Å². The summed E-state index contributed by atoms with van der Waals surface area (Å²) in [7, 11) is 0. The number of aliphatic hydroxyl groups excluding tert-OH is 1. The van der Waals surface area contributed by atoms with E-state index in [1.165, 1.54) is 6.08 Å². The number of piperidine rings is 1. The first kappa shape index (κ1) is 20.7. The summed E-state index contributed by atoms with van der Waals surface area (Å²) in [4.78, 5) is 38.1. The van der Waals surface area contributed by atoms with Crippen molar-refractivity contribution in [3.05, 3.63) is 38.1 Å². The molecule has 0 bridgehead atoms. The number of hydrogen-bond donors (Lipinski definition) is 4. The number of aromatic amines is 1. The van der Waals surface area contributed by atoms with Crippen molar-refractivity contribution in [2.24, 2.45) is 5.92 Å². The Morgan fingerprint density at radius 3 is 2.82 bits per heavy atom. The highest BCUT2D eigenvalue weighted by atomic mass is 35.5. The van der Waals surface area contributed by atoms with Crippen LogP contribution >= 0.6 is 11.6 Å². The molecule has 0 saturated carbocycles. The minimum absolute atomic E-state index is 0.0102. The van der Waals surface area contributed by atoms with E-state index in [1.807, 2.05) is 4.98 Å². The first-order chi connectivity index (χ1) is 13.4. The van der Waals surface area contributed by atoms with Gasteiger partial charge in [-0.2, -0.15) is 0 Å². The number of hydrogen-bond acceptors (Lipinski definition) is 8. The van der Waals surface area contributed by atoms with Gasteiger partial charge >= 0.3 is 11.7 Å². The second kappa shape index (κ2) is 8.58. The molecule has 2 saturated heterocycles. The molecule has 0 aliphatic carbocycles. The quantitative estimate of drug-likeness (QED) is 0.434. The fourth-order valence-corrected chi connectivity index (χ4v) is 3.49. The molecule has 154 valence electrons. The molecule has 1 aromatic heterocycles. The molecule has 2 fully saturated rings. The number of halogens is 1. The third-order valence-corrected chi connectivity index (χ3v) is 5.15. The number of carbonyl (C=O) groups excluding carboxylic acids is 1. The van der Waals surface area contributed by atoms with Gasteiger partial charge in [-0.15, -0.1) is 0 Å². The van der Waals surface area contributed by atoms with Gasteiger partial charge in [0.25, 0.3) is 5.56 Å². The number of carbonyl (C=O) groups is 1. The summed E-state index contributed by atoms with van der Waals surface area (Å²) in [5.41, 5.74) is -2.66. The lowest BCUT2D eigenvalue weighted by Crippen LogP contribution is -2.53. The van der Waals surface area contributed by atoms with Crippen molar-refractivity contribution < 1.29 is 24.5 Å². The molecule has 2 aliphatic rings. The van der Waals surface area contributed by atoms with Crippen molar-refractivity contribution in [3.8, 4) is 0 Å². The number of nitrogens with one attached hydrogen (secondary N) is 2. The van der Waals surface area contributed by atoms with E-state index in [4.69, 9.17) is 21.1 Å². The van der Waals surface area contributed by atoms with Crippen LogP contribution in [-0.4, -0.2) is 64.2 Å². The number of rotatable bonds is 5. The smallest absolute Gasteiger partial charge is 0.330 e. The zero-order valence-corrected chi connectivity index (χ0v) is 15.7. The highest BCUT2D eigenvalue weighted by Crippen LogP contribution is 2.29. The molecular formula is C17H22ClN3O7. The molecular weight excluding hydrogens is 394 g/mol. The Labute approximate surface area is 164 Å². The Balaban J connectivity index is 1.72. The average molecular weight is 416 g/mol. The molecule has 0 aromatic carbocycles. The van der Waals surface area contributed by atoms with Crippen molar-refractivity contribution in [3.63, 3.8) is 0 Å². The van der Waals surface area contributed by atoms with Crippen molar-refractivity contribution in [1.82, 2.24) is 14.9 Å². The van der Waals surface area contributed by atoms with Crippen molar-refractivity contribution in [2.75, 3.05) is 26.3 Å². The Bertz CT molecular complexity index is 861. The van der Waals surface area contributed by atoms with Gasteiger partial charge in [0.15, 0.2) is 5.72 Å². The van der Waals surface area contributed by atoms with Gasteiger partial charge in [0.05, 0.1) is 18.1 Å². The molecule has 2 aliphatic heterocycles. The predicted octanol–water partition coefficient (Wildman–Crippen LogP) is -1.31. The van der Waals surface area contributed by atoms with Crippen molar-refractivity contribution in [1.29, 1.82) is 0 Å². The van der Waals surface area contributed by atoms with Gasteiger partial charge in [-0.3, -0.25) is 19.1 Å². The SMILES string of the molecule is O=C(OCC1OCC(O)(n2cc(/C=C/Cl)c(=O)[nH]c2=O)C1O)C1CCNCC1. The largest absolute Gasteiger partial charge is 0.463 e. The van der Waals surface area contributed by atoms with Crippen LogP contribution < -0.4 is 16.6 Å². The third-order valence-electron chi connectivity index (χ3n) is 5.03. The molecule has 10 nitrogen and oxygen atoms in total. The van der Waals surface area contributed by atoms with Crippen LogP contribution in [0.25, 0.3) is 6.08 Å². The van der Waals surface area contributed by atoms with Crippen LogP contribution in [0.1, 0.15) is 18.4 Å². The molecule has 28 heavy (non-hydrogen) atoms. The Kier molecular flexibility index (Phi) is 6.36. The lowest BCUT2D eigenvalue weighted by atomic mass is 9.98. The first-order valence-corrected chi connectivity index (χ1v) is 9.33. The van der Waals surface area contributed by atoms with E-state index < -0.39 is 35.8 Å². The molecule has 4 N–H and O–H groups in total. The second-order valence-electron chi connectivity index (χ2n) is 6.83. The van der Waals surface area contributed by atoms with Gasteiger partial charge in [0.2, 0.25) is 0 Å². The highest BCUT2D eigenvalue weighted by molar-refractivity contribution is 6.27. The number of aliphatic hydroxyl groups is 2. The van der Waals surface area contributed by atoms with Crippen LogP contribution in [-0.2, 0) is 20.0 Å². The van der Waals surface area contributed by atoms with E-state index >= 15 is 0 Å². The minimum Gasteiger partial charge on any atom is -0.463 e. The van der Waals surface area contributed by atoms with E-state index in [9.17, 15) is 24.6 Å². The summed E-state index contributed by atoms with van der Waals surface area (Å²) in [5.74, 6) is -0.603. The number of esters is 1. The zero-order chi connectivity index (χ0) is 20.3. The summed E-state index contributed by atoms with van der Waals surface area (Å²) in [5, 5.41) is 24.5. The molecule has 0 spiro atoms. The maximum absolute atomic E-state index is 12.1. The molecule has 3 heterocycles. The maximum Gasteiger partial charge on any atom is 0.330 e. The zero-order valence-electron chi connectivity index (χ0n) is 15.0. The minimum atomic E-state index is -2.14. The second-order valence-corrected chi connectivity index (χ2v) is 7.09. The summed E-state index contributed by atoms with van der Waals surface area (Å²) in [6.07, 6.45) is 1.06. The van der Waals surface area contributed by atoms with E-state index in [2.05, 4.69) is 5.32 Å². The van der Waals surface area contributed by atoms with Crippen molar-refractivity contribution in [2.45, 2.75) is 30.8 Å². The lowest BCUT2D eigenvalue weighted by Gasteiger charge is -2.28. The topological polar surface area (TPSA) is 143 Å². The molecule has 3 atom stereocenters. The number of H-pyrrole nitrogens is 1. The number of ether oxygens (including phenoxy) is 2. The maximum atomic E-state index is 12.1. The summed E-state index contributed by atoms with van der Waals surface area (Å²) in [6, 6.07) is 0. The number of nitrogens with zero attached hydrogens (tertiary/aromatic N) is 1. The normalized spacial score (nSPS) is 28.7. The Morgan fingerprint density at radius 2 is 2.14 bits per heavy atom. The fourth-order valence-electron chi connectivity index (χ4n) is 3.36. The Morgan fingerprint density at radius 1 is 1.43 bits per heavy atom. The van der Waals surface area contributed by atoms with Crippen LogP contribution in [0, 0.1) is 5.92 Å². The van der Waals surface area contributed by atoms with Crippen LogP contribution in [0.4, 0.5) is 0 Å². The first-order valence-electron chi connectivity index (χ1n) is 8.89. The molecule has 0 amide bonds. The molecule has 3 rings (SSSR count). The van der Waals surface area contributed by atoms with Crippen LogP contribution in [0.5, 0.6) is 0 Å². The molecule has 0 radical (unpaired) electrons. The monoisotopic (exact) mass is 415 g/mol. The van der Waals surface area contributed by atoms with Gasteiger partial charge in [-0.25, -0.2) is 4.79 Å². The van der Waals surface area contributed by atoms with E-state index in [0.717, 1.165) is 29.4 Å².